The van der Waals surface area contributed by atoms with E-state index < -0.39 is 54.5 Å². The Morgan fingerprint density at radius 3 is 1.73 bits per heavy atom. The fraction of sp³-hybridized carbons (Fsp3) is 0.810. The van der Waals surface area contributed by atoms with Crippen LogP contribution in [0.1, 0.15) is 58.8 Å². The number of nitrogens with one attached hydrogen (secondary N) is 3. The zero-order chi connectivity index (χ0) is 25.4. The molecule has 0 saturated heterocycles. The molecule has 0 aliphatic rings. The lowest BCUT2D eigenvalue weighted by Gasteiger charge is -2.25. The van der Waals surface area contributed by atoms with Gasteiger partial charge < -0.3 is 43.4 Å². The summed E-state index contributed by atoms with van der Waals surface area (Å²) in [5.74, 6) is -3.18. The molecule has 0 aromatic rings. The monoisotopic (exact) mass is 474 g/mol. The van der Waals surface area contributed by atoms with Crippen LogP contribution in [0.4, 0.5) is 0 Å². The molecule has 0 aliphatic carbocycles. The van der Waals surface area contributed by atoms with Crippen LogP contribution in [-0.2, 0) is 19.2 Å². The third-order valence-electron chi connectivity index (χ3n) is 5.02. The Kier molecular flexibility index (Phi) is 16.0. The molecule has 0 aliphatic heterocycles. The van der Waals surface area contributed by atoms with Gasteiger partial charge in [-0.2, -0.15) is 0 Å². The Bertz CT molecular complexity index is 618. The van der Waals surface area contributed by atoms with E-state index in [1.807, 2.05) is 13.8 Å². The smallest absolute Gasteiger partial charge is 0.326 e. The Morgan fingerprint density at radius 1 is 0.758 bits per heavy atom. The highest BCUT2D eigenvalue weighted by Crippen LogP contribution is 2.08. The van der Waals surface area contributed by atoms with Crippen LogP contribution >= 0.6 is 0 Å². The van der Waals surface area contributed by atoms with E-state index in [-0.39, 0.29) is 18.8 Å². The van der Waals surface area contributed by atoms with Gasteiger partial charge in [-0.3, -0.25) is 14.4 Å². The highest BCUT2D eigenvalue weighted by molar-refractivity contribution is 5.94. The molecule has 0 radical (unpaired) electrons. The number of carbonyl (C=O) groups is 4. The lowest BCUT2D eigenvalue weighted by Crippen LogP contribution is -2.58. The molecule has 0 bridgehead atoms. The van der Waals surface area contributed by atoms with Crippen molar-refractivity contribution in [1.82, 2.24) is 16.0 Å². The van der Waals surface area contributed by atoms with Crippen molar-refractivity contribution in [3.05, 3.63) is 0 Å². The number of aliphatic carboxylic acids is 1. The van der Waals surface area contributed by atoms with Gasteiger partial charge in [0.15, 0.2) is 0 Å². The number of carbonyl (C=O) groups excluding carboxylic acids is 3. The third-order valence-corrected chi connectivity index (χ3v) is 5.02. The summed E-state index contributed by atoms with van der Waals surface area (Å²) in [6.45, 7) is 3.83. The van der Waals surface area contributed by atoms with Crippen molar-refractivity contribution in [2.75, 3.05) is 19.7 Å². The van der Waals surface area contributed by atoms with E-state index in [4.69, 9.17) is 17.2 Å². The fourth-order valence-corrected chi connectivity index (χ4v) is 3.11. The average molecular weight is 475 g/mol. The molecule has 192 valence electrons. The normalized spacial score (nSPS) is 14.8. The maximum Gasteiger partial charge on any atom is 0.326 e. The first kappa shape index (κ1) is 30.7. The Hall–Kier alpha value is -2.28. The topological polar surface area (TPSA) is 223 Å². The van der Waals surface area contributed by atoms with Gasteiger partial charge in [-0.05, 0) is 57.5 Å². The van der Waals surface area contributed by atoms with Gasteiger partial charge in [-0.1, -0.05) is 20.3 Å². The van der Waals surface area contributed by atoms with Crippen molar-refractivity contribution >= 4 is 23.7 Å². The number of hydrogen-bond acceptors (Lipinski definition) is 8. The molecule has 0 aromatic carbocycles. The molecule has 11 N–H and O–H groups in total. The summed E-state index contributed by atoms with van der Waals surface area (Å²) in [6.07, 6.45) is 3.28. The molecule has 0 aromatic heterocycles. The van der Waals surface area contributed by atoms with Crippen LogP contribution in [-0.4, -0.2) is 77.8 Å². The molecule has 12 heteroatoms. The number of aliphatic hydroxyl groups is 1. The van der Waals surface area contributed by atoms with E-state index in [1.165, 1.54) is 0 Å². The van der Waals surface area contributed by atoms with E-state index in [9.17, 15) is 29.4 Å². The quantitative estimate of drug-likeness (QED) is 0.104. The molecule has 4 unspecified atom stereocenters. The lowest BCUT2D eigenvalue weighted by molar-refractivity contribution is -0.143. The number of nitrogens with two attached hydrogens (primary N) is 3. The van der Waals surface area contributed by atoms with Gasteiger partial charge in [0.05, 0.1) is 12.6 Å². The summed E-state index contributed by atoms with van der Waals surface area (Å²) in [5, 5.41) is 26.3. The van der Waals surface area contributed by atoms with Gasteiger partial charge in [-0.25, -0.2) is 4.79 Å². The molecule has 33 heavy (non-hydrogen) atoms. The number of rotatable bonds is 18. The van der Waals surface area contributed by atoms with Crippen molar-refractivity contribution in [1.29, 1.82) is 0 Å². The van der Waals surface area contributed by atoms with Crippen molar-refractivity contribution in [3.63, 3.8) is 0 Å². The standard InChI is InChI=1S/C21H42N6O6/c1-13(2)11-16(21(32)33)26-19(30)15(8-4-6-10-23)25-20(31)17(12-28)27-18(29)14(24)7-3-5-9-22/h13-17,28H,3-12,22-24H2,1-2H3,(H,25,31)(H,26,30)(H,27,29)(H,32,33). The number of unbranched alkanes of at least 4 members (excludes halogenated alkanes) is 2. The Balaban J connectivity index is 5.19. The molecule has 0 rings (SSSR count). The van der Waals surface area contributed by atoms with Crippen LogP contribution in [0.25, 0.3) is 0 Å². The summed E-state index contributed by atoms with van der Waals surface area (Å²) < 4.78 is 0. The maximum absolute atomic E-state index is 12.8. The summed E-state index contributed by atoms with van der Waals surface area (Å²) in [5.41, 5.74) is 16.7. The third kappa shape index (κ3) is 13.1. The summed E-state index contributed by atoms with van der Waals surface area (Å²) in [6, 6.07) is -4.34. The van der Waals surface area contributed by atoms with Gasteiger partial charge >= 0.3 is 5.97 Å². The highest BCUT2D eigenvalue weighted by atomic mass is 16.4. The largest absolute Gasteiger partial charge is 0.480 e. The van der Waals surface area contributed by atoms with Gasteiger partial charge in [0, 0.05) is 0 Å². The molecule has 12 nitrogen and oxygen atoms in total. The molecule has 4 atom stereocenters. The van der Waals surface area contributed by atoms with Crippen molar-refractivity contribution < 1.29 is 29.4 Å². The van der Waals surface area contributed by atoms with Crippen molar-refractivity contribution in [2.45, 2.75) is 83.0 Å². The van der Waals surface area contributed by atoms with Crippen molar-refractivity contribution in [2.24, 2.45) is 23.1 Å². The van der Waals surface area contributed by atoms with Crippen LogP contribution in [0.3, 0.4) is 0 Å². The summed E-state index contributed by atoms with van der Waals surface area (Å²) in [7, 11) is 0. The highest BCUT2D eigenvalue weighted by Gasteiger charge is 2.30. The van der Waals surface area contributed by atoms with Crippen LogP contribution in [0, 0.1) is 5.92 Å². The molecular formula is C21H42N6O6. The second-order valence-corrected chi connectivity index (χ2v) is 8.51. The Labute approximate surface area is 195 Å². The number of carboxylic acids is 1. The zero-order valence-electron chi connectivity index (χ0n) is 19.7. The molecule has 3 amide bonds. The molecule has 0 fully saturated rings. The molecular weight excluding hydrogens is 432 g/mol. The predicted octanol–water partition coefficient (Wildman–Crippen LogP) is -1.85. The first-order chi connectivity index (χ1) is 15.6. The van der Waals surface area contributed by atoms with E-state index in [0.29, 0.717) is 45.2 Å². The van der Waals surface area contributed by atoms with Crippen molar-refractivity contribution in [3.8, 4) is 0 Å². The second kappa shape index (κ2) is 17.2. The predicted molar refractivity (Wildman–Crippen MR) is 124 cm³/mol. The average Bonchev–Trinajstić information content (AvgIpc) is 2.75. The number of amides is 3. The minimum atomic E-state index is -1.31. The minimum Gasteiger partial charge on any atom is -0.480 e. The van der Waals surface area contributed by atoms with Crippen LogP contribution in [0.2, 0.25) is 0 Å². The first-order valence-corrected chi connectivity index (χ1v) is 11.5. The summed E-state index contributed by atoms with van der Waals surface area (Å²) >= 11 is 0. The molecule has 0 heterocycles. The Morgan fingerprint density at radius 2 is 1.24 bits per heavy atom. The van der Waals surface area contributed by atoms with E-state index >= 15 is 0 Å². The number of aliphatic hydroxyl groups excluding tert-OH is 1. The van der Waals surface area contributed by atoms with Gasteiger partial charge in [0.1, 0.15) is 18.1 Å². The number of carboxylic acid groups (broad SMARTS) is 1. The minimum absolute atomic E-state index is 0.0275. The SMILES string of the molecule is CC(C)CC(NC(=O)C(CCCCN)NC(=O)C(CO)NC(=O)C(N)CCCCN)C(=O)O. The fourth-order valence-electron chi connectivity index (χ4n) is 3.11. The zero-order valence-corrected chi connectivity index (χ0v) is 19.7. The second-order valence-electron chi connectivity index (χ2n) is 8.51. The van der Waals surface area contributed by atoms with Crippen LogP contribution in [0.15, 0.2) is 0 Å². The van der Waals surface area contributed by atoms with E-state index in [2.05, 4.69) is 16.0 Å². The molecule has 0 spiro atoms. The first-order valence-electron chi connectivity index (χ1n) is 11.5. The van der Waals surface area contributed by atoms with Gasteiger partial charge in [0.2, 0.25) is 17.7 Å². The lowest BCUT2D eigenvalue weighted by atomic mass is 10.0. The number of hydrogen-bond donors (Lipinski definition) is 8. The van der Waals surface area contributed by atoms with Gasteiger partial charge in [0.25, 0.3) is 0 Å². The van der Waals surface area contributed by atoms with Crippen LogP contribution in [0.5, 0.6) is 0 Å². The van der Waals surface area contributed by atoms with E-state index in [0.717, 1.165) is 0 Å². The van der Waals surface area contributed by atoms with E-state index in [1.54, 1.807) is 0 Å². The molecule has 0 saturated carbocycles. The maximum atomic E-state index is 12.8. The summed E-state index contributed by atoms with van der Waals surface area (Å²) in [4.78, 5) is 49.2. The van der Waals surface area contributed by atoms with Gasteiger partial charge in [-0.15, -0.1) is 0 Å². The van der Waals surface area contributed by atoms with Crippen LogP contribution < -0.4 is 33.2 Å².